The van der Waals surface area contributed by atoms with Gasteiger partial charge in [0.25, 0.3) is 10.0 Å². The van der Waals surface area contributed by atoms with Crippen LogP contribution in [0.15, 0.2) is 21.6 Å². The minimum atomic E-state index is -3.96. The lowest BCUT2D eigenvalue weighted by atomic mass is 10.5. The van der Waals surface area contributed by atoms with Crippen molar-refractivity contribution in [1.82, 2.24) is 4.31 Å². The summed E-state index contributed by atoms with van der Waals surface area (Å²) in [5.41, 5.74) is 5.38. The van der Waals surface area contributed by atoms with E-state index in [1.807, 2.05) is 0 Å². The summed E-state index contributed by atoms with van der Waals surface area (Å²) in [4.78, 5) is 0. The summed E-state index contributed by atoms with van der Waals surface area (Å²) < 4.78 is 54.7. The summed E-state index contributed by atoms with van der Waals surface area (Å²) in [6.07, 6.45) is 1.04. The largest absolute Gasteiger partial charge is 0.447 e. The summed E-state index contributed by atoms with van der Waals surface area (Å²) in [6.45, 7) is 0.226. The van der Waals surface area contributed by atoms with Crippen LogP contribution in [-0.2, 0) is 26.4 Å². The highest BCUT2D eigenvalue weighted by Crippen LogP contribution is 2.28. The molecule has 0 aromatic carbocycles. The summed E-state index contributed by atoms with van der Waals surface area (Å²) in [6, 6.07) is 2.78. The normalized spacial score (nSPS) is 22.0. The minimum absolute atomic E-state index is 0.0842. The Labute approximate surface area is 122 Å². The van der Waals surface area contributed by atoms with Crippen LogP contribution >= 0.6 is 11.8 Å². The van der Waals surface area contributed by atoms with Gasteiger partial charge in [-0.2, -0.15) is 16.1 Å². The van der Waals surface area contributed by atoms with Gasteiger partial charge in [-0.25, -0.2) is 16.8 Å². The Kier molecular flexibility index (Phi) is 4.50. The third-order valence-corrected chi connectivity index (χ3v) is 7.49. The molecule has 10 heteroatoms. The van der Waals surface area contributed by atoms with Gasteiger partial charge in [-0.15, -0.1) is 0 Å². The molecule has 7 nitrogen and oxygen atoms in total. The predicted molar refractivity (Wildman–Crippen MR) is 76.4 cm³/mol. The highest BCUT2D eigenvalue weighted by Gasteiger charge is 2.40. The first-order chi connectivity index (χ1) is 9.26. The van der Waals surface area contributed by atoms with E-state index in [2.05, 4.69) is 0 Å². The average Bonchev–Trinajstić information content (AvgIpc) is 2.87. The van der Waals surface area contributed by atoms with Crippen molar-refractivity contribution in [1.29, 1.82) is 0 Å². The molecular weight excluding hydrogens is 324 g/mol. The van der Waals surface area contributed by atoms with Gasteiger partial charge in [0.05, 0.1) is 6.54 Å². The smallest absolute Gasteiger partial charge is 0.277 e. The van der Waals surface area contributed by atoms with Crippen LogP contribution in [0.2, 0.25) is 0 Å². The van der Waals surface area contributed by atoms with E-state index >= 15 is 0 Å². The number of furan rings is 1. The maximum Gasteiger partial charge on any atom is 0.277 e. The van der Waals surface area contributed by atoms with Crippen LogP contribution in [0, 0.1) is 0 Å². The van der Waals surface area contributed by atoms with Crippen LogP contribution in [0.1, 0.15) is 5.76 Å². The summed E-state index contributed by atoms with van der Waals surface area (Å²) in [7, 11) is -7.47. The first kappa shape index (κ1) is 15.8. The van der Waals surface area contributed by atoms with Crippen LogP contribution in [0.3, 0.4) is 0 Å². The Morgan fingerprint density at radius 2 is 2.10 bits per heavy atom. The summed E-state index contributed by atoms with van der Waals surface area (Å²) in [5, 5.41) is -1.32. The second kappa shape index (κ2) is 5.68. The van der Waals surface area contributed by atoms with Crippen molar-refractivity contribution < 1.29 is 21.3 Å². The SMILES string of the molecule is CS(=O)(=O)C1CSCCN1S(=O)(=O)c1ccc(CN)o1. The topological polar surface area (TPSA) is 111 Å². The Morgan fingerprint density at radius 3 is 2.65 bits per heavy atom. The molecule has 1 unspecified atom stereocenters. The van der Waals surface area contributed by atoms with Gasteiger partial charge < -0.3 is 10.2 Å². The van der Waals surface area contributed by atoms with Crippen LogP contribution in [0.5, 0.6) is 0 Å². The number of rotatable bonds is 4. The number of thioether (sulfide) groups is 1. The first-order valence-electron chi connectivity index (χ1n) is 5.84. The molecular formula is C10H16N2O5S3. The molecule has 0 amide bonds. The molecule has 2 N–H and O–H groups in total. The zero-order valence-electron chi connectivity index (χ0n) is 10.9. The molecule has 1 saturated heterocycles. The molecule has 0 spiro atoms. The van der Waals surface area contributed by atoms with Crippen LogP contribution in [-0.4, -0.2) is 50.8 Å². The monoisotopic (exact) mass is 340 g/mol. The summed E-state index contributed by atoms with van der Waals surface area (Å²) >= 11 is 1.42. The van der Waals surface area contributed by atoms with Gasteiger partial charge in [-0.3, -0.25) is 0 Å². The number of hydrogen-bond donors (Lipinski definition) is 1. The fourth-order valence-corrected chi connectivity index (χ4v) is 7.00. The van der Waals surface area contributed by atoms with Gasteiger partial charge in [0.2, 0.25) is 5.09 Å². The van der Waals surface area contributed by atoms with Gasteiger partial charge in [-0.05, 0) is 12.1 Å². The van der Waals surface area contributed by atoms with E-state index < -0.39 is 25.2 Å². The zero-order chi connectivity index (χ0) is 15.0. The van der Waals surface area contributed by atoms with E-state index in [0.717, 1.165) is 10.6 Å². The number of nitrogens with zero attached hydrogens (tertiary/aromatic N) is 1. The van der Waals surface area contributed by atoms with Crippen molar-refractivity contribution in [2.45, 2.75) is 17.0 Å². The molecule has 0 saturated carbocycles. The van der Waals surface area contributed by atoms with Crippen molar-refractivity contribution in [3.05, 3.63) is 17.9 Å². The van der Waals surface area contributed by atoms with Crippen molar-refractivity contribution in [2.75, 3.05) is 24.3 Å². The highest BCUT2D eigenvalue weighted by atomic mass is 32.2. The van der Waals surface area contributed by atoms with Crippen LogP contribution < -0.4 is 5.73 Å². The molecule has 0 aliphatic carbocycles. The molecule has 1 atom stereocenters. The maximum absolute atomic E-state index is 12.5. The Hall–Kier alpha value is -0.550. The fraction of sp³-hybridized carbons (Fsp3) is 0.600. The van der Waals surface area contributed by atoms with E-state index in [9.17, 15) is 16.8 Å². The second-order valence-electron chi connectivity index (χ2n) is 4.40. The number of sulfonamides is 1. The molecule has 1 fully saturated rings. The molecule has 1 aromatic rings. The van der Waals surface area contributed by atoms with E-state index in [4.69, 9.17) is 10.2 Å². The van der Waals surface area contributed by atoms with Gasteiger partial charge >= 0.3 is 0 Å². The third-order valence-electron chi connectivity index (χ3n) is 2.93. The number of sulfone groups is 1. The number of nitrogens with two attached hydrogens (primary N) is 1. The van der Waals surface area contributed by atoms with E-state index in [1.165, 1.54) is 23.9 Å². The molecule has 114 valence electrons. The molecule has 0 bridgehead atoms. The second-order valence-corrected chi connectivity index (χ2v) is 9.57. The Morgan fingerprint density at radius 1 is 1.40 bits per heavy atom. The third kappa shape index (κ3) is 3.03. The zero-order valence-corrected chi connectivity index (χ0v) is 13.3. The quantitative estimate of drug-likeness (QED) is 0.811. The van der Waals surface area contributed by atoms with Crippen molar-refractivity contribution in [2.24, 2.45) is 5.73 Å². The fourth-order valence-electron chi connectivity index (χ4n) is 1.90. The van der Waals surface area contributed by atoms with Crippen molar-refractivity contribution >= 4 is 31.6 Å². The molecule has 1 aliphatic rings. The predicted octanol–water partition coefficient (Wildman–Crippen LogP) is -0.154. The average molecular weight is 340 g/mol. The lowest BCUT2D eigenvalue weighted by Gasteiger charge is -2.32. The molecule has 0 radical (unpaired) electrons. The molecule has 20 heavy (non-hydrogen) atoms. The molecule has 1 aromatic heterocycles. The minimum Gasteiger partial charge on any atom is -0.447 e. The number of hydrogen-bond acceptors (Lipinski definition) is 7. The van der Waals surface area contributed by atoms with Gasteiger partial charge in [0.1, 0.15) is 11.1 Å². The maximum atomic E-state index is 12.5. The van der Waals surface area contributed by atoms with Crippen LogP contribution in [0.4, 0.5) is 0 Å². The van der Waals surface area contributed by atoms with Gasteiger partial charge in [-0.1, -0.05) is 0 Å². The Balaban J connectivity index is 2.40. The molecule has 2 heterocycles. The molecule has 1 aliphatic heterocycles. The lowest BCUT2D eigenvalue weighted by Crippen LogP contribution is -2.49. The molecule has 2 rings (SSSR count). The summed E-state index contributed by atoms with van der Waals surface area (Å²) in [5.74, 6) is 1.11. The van der Waals surface area contributed by atoms with E-state index in [1.54, 1.807) is 0 Å². The van der Waals surface area contributed by atoms with Gasteiger partial charge in [0, 0.05) is 24.3 Å². The first-order valence-corrected chi connectivity index (χ1v) is 10.4. The highest BCUT2D eigenvalue weighted by molar-refractivity contribution is 8.01. The van der Waals surface area contributed by atoms with E-state index in [-0.39, 0.29) is 23.9 Å². The van der Waals surface area contributed by atoms with Crippen molar-refractivity contribution in [3.63, 3.8) is 0 Å². The Bertz CT molecular complexity index is 680. The van der Waals surface area contributed by atoms with Crippen molar-refractivity contribution in [3.8, 4) is 0 Å². The van der Waals surface area contributed by atoms with E-state index in [0.29, 0.717) is 11.5 Å². The standard InChI is InChI=1S/C10H16N2O5S3/c1-19(13,14)9-7-18-5-4-12(9)20(15,16)10-3-2-8(6-11)17-10/h2-3,9H,4-7,11H2,1H3. The lowest BCUT2D eigenvalue weighted by molar-refractivity contribution is 0.364. The van der Waals surface area contributed by atoms with Crippen LogP contribution in [0.25, 0.3) is 0 Å². The van der Waals surface area contributed by atoms with Gasteiger partial charge in [0.15, 0.2) is 9.84 Å².